The first-order valence-corrected chi connectivity index (χ1v) is 25.6. The summed E-state index contributed by atoms with van der Waals surface area (Å²) in [6, 6.07) is 13.9. The summed E-state index contributed by atoms with van der Waals surface area (Å²) >= 11 is 0. The molecule has 1 N–H and O–H groups in total. The van der Waals surface area contributed by atoms with E-state index in [4.69, 9.17) is 4.42 Å². The van der Waals surface area contributed by atoms with E-state index in [1.165, 1.54) is 140 Å². The molecule has 1 spiro atoms. The van der Waals surface area contributed by atoms with Crippen molar-refractivity contribution in [2.45, 2.75) is 102 Å². The van der Waals surface area contributed by atoms with Crippen LogP contribution in [0.3, 0.4) is 0 Å². The molecule has 4 fully saturated rings. The molecule has 336 valence electrons. The molecule has 0 saturated carbocycles. The number of nitrogens with zero attached hydrogens (tertiary/aromatic N) is 5. The molecule has 8 aliphatic rings. The average Bonchev–Trinajstić information content (AvgIpc) is 3.68. The Morgan fingerprint density at radius 2 is 1.03 bits per heavy atom. The van der Waals surface area contributed by atoms with Gasteiger partial charge in [-0.2, -0.15) is 0 Å². The van der Waals surface area contributed by atoms with E-state index in [0.717, 1.165) is 80.6 Å². The molecule has 7 aliphatic heterocycles. The van der Waals surface area contributed by atoms with Crippen LogP contribution in [0, 0.1) is 0 Å². The van der Waals surface area contributed by atoms with E-state index in [1.807, 2.05) is 0 Å². The quantitative estimate of drug-likeness (QED) is 0.191. The third kappa shape index (κ3) is 7.29. The topological polar surface area (TPSA) is 44.8 Å². The Kier molecular flexibility index (Phi) is 10.2. The van der Waals surface area contributed by atoms with Gasteiger partial charge in [-0.05, 0) is 157 Å². The van der Waals surface area contributed by atoms with Gasteiger partial charge in [0.2, 0.25) is 0 Å². The van der Waals surface area contributed by atoms with Crippen molar-refractivity contribution >= 4 is 70.5 Å². The van der Waals surface area contributed by atoms with Crippen LogP contribution in [0.1, 0.15) is 141 Å². The predicted octanol–water partition coefficient (Wildman–Crippen LogP) is 13.5. The molecular weight excluding hydrogens is 809 g/mol. The highest BCUT2D eigenvalue weighted by molar-refractivity contribution is 6.06. The molecule has 5 aromatic rings. The zero-order chi connectivity index (χ0) is 43.6. The third-order valence-corrected chi connectivity index (χ3v) is 16.2. The number of fused-ring (bicyclic) bond motifs is 16. The Labute approximate surface area is 390 Å². The van der Waals surface area contributed by atoms with Gasteiger partial charge in [0, 0.05) is 108 Å². The molecule has 66 heavy (non-hydrogen) atoms. The predicted molar refractivity (Wildman–Crippen MR) is 276 cm³/mol. The summed E-state index contributed by atoms with van der Waals surface area (Å²) in [6.07, 6.45) is 50.1. The fourth-order valence-corrected chi connectivity index (χ4v) is 12.5. The summed E-state index contributed by atoms with van der Waals surface area (Å²) in [6.45, 7) is 7.56. The van der Waals surface area contributed by atoms with Gasteiger partial charge in [-0.1, -0.05) is 59.6 Å². The van der Waals surface area contributed by atoms with Gasteiger partial charge in [0.05, 0.1) is 22.8 Å². The van der Waals surface area contributed by atoms with Crippen molar-refractivity contribution in [3.8, 4) is 11.4 Å². The lowest BCUT2D eigenvalue weighted by Crippen LogP contribution is -2.55. The summed E-state index contributed by atoms with van der Waals surface area (Å²) in [5.74, 6) is 0. The molecule has 10 heterocycles. The number of furan rings is 1. The van der Waals surface area contributed by atoms with Crippen LogP contribution in [0.4, 0.5) is 0 Å². The lowest BCUT2D eigenvalue weighted by molar-refractivity contribution is 0.248. The maximum Gasteiger partial charge on any atom is 0.135 e. The lowest BCUT2D eigenvalue weighted by atomic mass is 9.82. The maximum absolute atomic E-state index is 6.75. The average molecular weight is 873 g/mol. The zero-order valence-electron chi connectivity index (χ0n) is 38.7. The molecule has 0 amide bonds. The molecule has 7 heteroatoms. The molecular formula is C59H64N6O. The summed E-state index contributed by atoms with van der Waals surface area (Å²) in [7, 11) is 0. The first kappa shape index (κ1) is 40.4. The molecule has 2 aromatic carbocycles. The van der Waals surface area contributed by atoms with Crippen LogP contribution >= 0.6 is 0 Å². The standard InChI is InChI=1S/C59H64N6O/c1-2-7-24-59(26-27-60-59)25-19-53-47(14-3-1)48-35-42-11-4-8-28-61(31-20-42)32-21-54(48)64(53)45-15-17-57-51(38-45)52-39-46(16-18-58(52)66-57)65-55-22-33-62-29-9-5-12-43(40-62)36-49(55)50-37-44-13-6-10-30-63(41-44)34-23-56(50)65/h3,14-19,21-23,25,32-39,60H,1-2,4-13,20,24,26-31,40-41H2/b14-3?,25-19-,32-21?,33-22-,34-23?,42-35-,43-36?,44-37-. The Balaban J connectivity index is 1.02. The lowest BCUT2D eigenvalue weighted by Gasteiger charge is -2.41. The fourth-order valence-electron chi connectivity index (χ4n) is 12.5. The summed E-state index contributed by atoms with van der Waals surface area (Å²) in [4.78, 5) is 7.63. The smallest absolute Gasteiger partial charge is 0.135 e. The van der Waals surface area contributed by atoms with Crippen LogP contribution in [-0.2, 0) is 0 Å². The van der Waals surface area contributed by atoms with E-state index in [0.29, 0.717) is 0 Å². The molecule has 6 bridgehead atoms. The first-order valence-electron chi connectivity index (χ1n) is 25.6. The largest absolute Gasteiger partial charge is 0.456 e. The second-order valence-electron chi connectivity index (χ2n) is 20.6. The highest BCUT2D eigenvalue weighted by Crippen LogP contribution is 2.42. The fraction of sp³-hybridized carbons (Fsp3) is 0.390. The van der Waals surface area contributed by atoms with Crippen molar-refractivity contribution in [1.82, 2.24) is 29.2 Å². The van der Waals surface area contributed by atoms with Gasteiger partial charge >= 0.3 is 0 Å². The van der Waals surface area contributed by atoms with E-state index in [9.17, 15) is 0 Å². The third-order valence-electron chi connectivity index (χ3n) is 16.2. The highest BCUT2D eigenvalue weighted by Gasteiger charge is 2.34. The minimum absolute atomic E-state index is 0.0766. The van der Waals surface area contributed by atoms with E-state index in [2.05, 4.69) is 145 Å². The molecule has 13 rings (SSSR count). The van der Waals surface area contributed by atoms with Crippen molar-refractivity contribution < 1.29 is 4.42 Å². The van der Waals surface area contributed by atoms with Crippen molar-refractivity contribution in [2.24, 2.45) is 0 Å². The number of hydrogen-bond acceptors (Lipinski definition) is 5. The summed E-state index contributed by atoms with van der Waals surface area (Å²) in [5, 5.41) is 6.17. The highest BCUT2D eigenvalue weighted by atomic mass is 16.3. The van der Waals surface area contributed by atoms with Crippen LogP contribution in [0.2, 0.25) is 0 Å². The zero-order valence-corrected chi connectivity index (χ0v) is 38.7. The van der Waals surface area contributed by atoms with Gasteiger partial charge in [-0.25, -0.2) is 0 Å². The number of rotatable bonds is 2. The van der Waals surface area contributed by atoms with Crippen LogP contribution in [-0.4, -0.2) is 75.2 Å². The first-order chi connectivity index (χ1) is 32.6. The SMILES string of the molecule is C1=Cc2c3c(n(-c4ccc5oc6ccc(-n7c8c(c9c7/C=C\N7CCCCC(=C9)C7)/C=C7/CCCCN(C=C8)C7)cc6c5c4)c2/C=C\C2(CCCC1)CCN2)C=CN1CCCC/C(=C/3)CC1. The molecule has 7 nitrogen and oxygen atoms in total. The Morgan fingerprint density at radius 3 is 1.64 bits per heavy atom. The van der Waals surface area contributed by atoms with Crippen LogP contribution in [0.25, 0.3) is 81.9 Å². The minimum atomic E-state index is 0.0766. The Morgan fingerprint density at radius 1 is 0.485 bits per heavy atom. The van der Waals surface area contributed by atoms with Crippen molar-refractivity contribution in [2.75, 3.05) is 45.8 Å². The molecule has 1 atom stereocenters. The molecule has 3 aromatic heterocycles. The van der Waals surface area contributed by atoms with E-state index >= 15 is 0 Å². The summed E-state index contributed by atoms with van der Waals surface area (Å²) in [5.41, 5.74) is 19.4. The monoisotopic (exact) mass is 873 g/mol. The summed E-state index contributed by atoms with van der Waals surface area (Å²) < 4.78 is 11.9. The van der Waals surface area contributed by atoms with Gasteiger partial charge in [-0.15, -0.1) is 0 Å². The Hall–Kier alpha value is -5.92. The number of benzene rings is 2. The van der Waals surface area contributed by atoms with Crippen molar-refractivity contribution in [1.29, 1.82) is 0 Å². The van der Waals surface area contributed by atoms with Gasteiger partial charge in [0.1, 0.15) is 11.2 Å². The number of nitrogens with one attached hydrogen (secondary N) is 1. The van der Waals surface area contributed by atoms with Crippen molar-refractivity contribution in [3.05, 3.63) is 129 Å². The second-order valence-corrected chi connectivity index (χ2v) is 20.6. The van der Waals surface area contributed by atoms with Gasteiger partial charge in [0.15, 0.2) is 0 Å². The second kappa shape index (κ2) is 16.7. The number of hydrogen-bond donors (Lipinski definition) is 1. The molecule has 0 radical (unpaired) electrons. The maximum atomic E-state index is 6.75. The van der Waals surface area contributed by atoms with Gasteiger partial charge in [-0.3, -0.25) is 0 Å². The number of allylic oxidation sites excluding steroid dienone is 1. The van der Waals surface area contributed by atoms with Crippen LogP contribution in [0.5, 0.6) is 0 Å². The Bertz CT molecular complexity index is 2930. The van der Waals surface area contributed by atoms with Gasteiger partial charge in [0.25, 0.3) is 0 Å². The normalized spacial score (nSPS) is 25.5. The molecule has 1 unspecified atom stereocenters. The van der Waals surface area contributed by atoms with Crippen LogP contribution < -0.4 is 5.32 Å². The van der Waals surface area contributed by atoms with E-state index in [1.54, 1.807) is 16.7 Å². The minimum Gasteiger partial charge on any atom is -0.456 e. The van der Waals surface area contributed by atoms with E-state index < -0.39 is 0 Å². The number of aromatic nitrogens is 2. The van der Waals surface area contributed by atoms with E-state index in [-0.39, 0.29) is 5.54 Å². The van der Waals surface area contributed by atoms with Crippen molar-refractivity contribution in [3.63, 3.8) is 0 Å². The van der Waals surface area contributed by atoms with Gasteiger partial charge < -0.3 is 33.6 Å². The van der Waals surface area contributed by atoms with Crippen LogP contribution in [0.15, 0.2) is 88.3 Å². The molecule has 4 saturated heterocycles. The molecule has 1 aliphatic carbocycles.